The van der Waals surface area contributed by atoms with Gasteiger partial charge in [0.15, 0.2) is 5.82 Å². The Hall–Kier alpha value is -1.73. The van der Waals surface area contributed by atoms with Gasteiger partial charge in [-0.15, -0.1) is 10.2 Å². The minimum atomic E-state index is -0.318. The van der Waals surface area contributed by atoms with E-state index in [2.05, 4.69) is 15.5 Å². The number of nitrogen functional groups attached to an aromatic ring is 1. The lowest BCUT2D eigenvalue weighted by atomic mass is 10.2. The van der Waals surface area contributed by atoms with E-state index >= 15 is 0 Å². The molecule has 0 fully saturated rings. The molecule has 0 aliphatic rings. The summed E-state index contributed by atoms with van der Waals surface area (Å²) < 4.78 is 1.37. The Kier molecular flexibility index (Phi) is 5.31. The number of aromatic nitrogens is 3. The van der Waals surface area contributed by atoms with Crippen molar-refractivity contribution in [1.29, 1.82) is 0 Å². The van der Waals surface area contributed by atoms with Gasteiger partial charge >= 0.3 is 0 Å². The van der Waals surface area contributed by atoms with E-state index in [1.165, 1.54) is 16.4 Å². The highest BCUT2D eigenvalue weighted by Crippen LogP contribution is 2.26. The van der Waals surface area contributed by atoms with Gasteiger partial charge in [-0.05, 0) is 32.9 Å². The molecule has 0 saturated heterocycles. The number of carbonyl (C=O) groups is 1. The number of nitrogens with one attached hydrogen (secondary N) is 1. The van der Waals surface area contributed by atoms with Crippen LogP contribution >= 0.6 is 23.4 Å². The normalized spacial score (nSPS) is 12.4. The third kappa shape index (κ3) is 3.92. The molecule has 1 heterocycles. The van der Waals surface area contributed by atoms with Crippen molar-refractivity contribution in [3.05, 3.63) is 29.3 Å². The molecule has 8 heteroatoms. The van der Waals surface area contributed by atoms with Crippen LogP contribution in [0.1, 0.15) is 20.8 Å². The van der Waals surface area contributed by atoms with Crippen LogP contribution in [0.3, 0.4) is 0 Å². The summed E-state index contributed by atoms with van der Waals surface area (Å²) in [6, 6.07) is 7.29. The highest BCUT2D eigenvalue weighted by molar-refractivity contribution is 8.00. The molecule has 22 heavy (non-hydrogen) atoms. The van der Waals surface area contributed by atoms with E-state index in [0.29, 0.717) is 16.0 Å². The van der Waals surface area contributed by atoms with Crippen molar-refractivity contribution in [3.63, 3.8) is 0 Å². The molecular weight excluding hydrogens is 322 g/mol. The number of benzene rings is 1. The SMILES string of the molecule is CC(C)NC(=O)[C@@H](C)Sc1nnc(-c2cccc(Cl)c2)n1N. The topological polar surface area (TPSA) is 85.8 Å². The van der Waals surface area contributed by atoms with Crippen LogP contribution in [0.15, 0.2) is 29.4 Å². The summed E-state index contributed by atoms with van der Waals surface area (Å²) in [6.45, 7) is 5.63. The van der Waals surface area contributed by atoms with E-state index < -0.39 is 0 Å². The maximum absolute atomic E-state index is 11.9. The summed E-state index contributed by atoms with van der Waals surface area (Å²) in [5.41, 5.74) is 0.772. The monoisotopic (exact) mass is 339 g/mol. The predicted molar refractivity (Wildman–Crippen MR) is 89.2 cm³/mol. The zero-order valence-electron chi connectivity index (χ0n) is 12.6. The molecule has 2 rings (SSSR count). The molecule has 3 N–H and O–H groups in total. The Labute approximate surface area is 138 Å². The Bertz CT molecular complexity index is 673. The second kappa shape index (κ2) is 7.02. The van der Waals surface area contributed by atoms with Crippen molar-refractivity contribution >= 4 is 29.3 Å². The van der Waals surface area contributed by atoms with Gasteiger partial charge in [0, 0.05) is 16.6 Å². The first kappa shape index (κ1) is 16.6. The lowest BCUT2D eigenvalue weighted by Crippen LogP contribution is -2.36. The molecule has 118 valence electrons. The number of nitrogens with two attached hydrogens (primary N) is 1. The van der Waals surface area contributed by atoms with Gasteiger partial charge in [0.1, 0.15) is 0 Å². The molecule has 0 saturated carbocycles. The van der Waals surface area contributed by atoms with E-state index in [9.17, 15) is 4.79 Å². The zero-order valence-corrected chi connectivity index (χ0v) is 14.1. The van der Waals surface area contributed by atoms with Crippen molar-refractivity contribution in [1.82, 2.24) is 20.2 Å². The summed E-state index contributed by atoms with van der Waals surface area (Å²) in [5.74, 6) is 6.47. The predicted octanol–water partition coefficient (Wildman–Crippen LogP) is 2.32. The summed E-state index contributed by atoms with van der Waals surface area (Å²) >= 11 is 7.23. The maximum Gasteiger partial charge on any atom is 0.233 e. The van der Waals surface area contributed by atoms with Crippen LogP contribution in [0.2, 0.25) is 5.02 Å². The molecule has 0 aliphatic carbocycles. The lowest BCUT2D eigenvalue weighted by molar-refractivity contribution is -0.120. The number of carbonyl (C=O) groups excluding carboxylic acids is 1. The molecule has 1 atom stereocenters. The fourth-order valence-corrected chi connectivity index (χ4v) is 2.76. The molecule has 0 spiro atoms. The standard InChI is InChI=1S/C14H18ClN5OS/c1-8(2)17-13(21)9(3)22-14-19-18-12(20(14)16)10-5-4-6-11(15)7-10/h4-9H,16H2,1-3H3,(H,17,21)/t9-/m1/s1. The largest absolute Gasteiger partial charge is 0.353 e. The van der Waals surface area contributed by atoms with E-state index in [0.717, 1.165) is 5.56 Å². The molecule has 0 bridgehead atoms. The zero-order chi connectivity index (χ0) is 16.3. The van der Waals surface area contributed by atoms with Crippen molar-refractivity contribution in [2.45, 2.75) is 37.2 Å². The van der Waals surface area contributed by atoms with Crippen LogP contribution in [0, 0.1) is 0 Å². The Morgan fingerprint density at radius 1 is 1.36 bits per heavy atom. The Morgan fingerprint density at radius 2 is 2.09 bits per heavy atom. The quantitative estimate of drug-likeness (QED) is 0.645. The molecule has 6 nitrogen and oxygen atoms in total. The Balaban J connectivity index is 2.16. The second-order valence-electron chi connectivity index (χ2n) is 5.11. The van der Waals surface area contributed by atoms with E-state index in [1.807, 2.05) is 26.0 Å². The minimum Gasteiger partial charge on any atom is -0.353 e. The number of amides is 1. The number of nitrogens with zero attached hydrogens (tertiary/aromatic N) is 3. The van der Waals surface area contributed by atoms with Gasteiger partial charge in [-0.25, -0.2) is 4.68 Å². The average Bonchev–Trinajstić information content (AvgIpc) is 2.79. The van der Waals surface area contributed by atoms with Crippen molar-refractivity contribution in [3.8, 4) is 11.4 Å². The van der Waals surface area contributed by atoms with Gasteiger partial charge in [-0.1, -0.05) is 35.5 Å². The van der Waals surface area contributed by atoms with Gasteiger partial charge < -0.3 is 11.2 Å². The highest BCUT2D eigenvalue weighted by Gasteiger charge is 2.20. The third-order valence-corrected chi connectivity index (χ3v) is 4.12. The number of halogens is 1. The molecule has 0 aliphatic heterocycles. The van der Waals surface area contributed by atoms with E-state index in [1.54, 1.807) is 19.1 Å². The second-order valence-corrected chi connectivity index (χ2v) is 6.85. The van der Waals surface area contributed by atoms with Gasteiger partial charge in [0.2, 0.25) is 11.1 Å². The molecule has 0 radical (unpaired) electrons. The average molecular weight is 340 g/mol. The van der Waals surface area contributed by atoms with Gasteiger partial charge in [-0.3, -0.25) is 4.79 Å². The summed E-state index contributed by atoms with van der Waals surface area (Å²) in [5, 5.41) is 11.7. The Morgan fingerprint density at radius 3 is 2.73 bits per heavy atom. The molecule has 1 aromatic carbocycles. The van der Waals surface area contributed by atoms with Crippen LogP contribution in [0.4, 0.5) is 0 Å². The van der Waals surface area contributed by atoms with Crippen molar-refractivity contribution in [2.24, 2.45) is 0 Å². The minimum absolute atomic E-state index is 0.0627. The smallest absolute Gasteiger partial charge is 0.233 e. The van der Waals surface area contributed by atoms with E-state index in [-0.39, 0.29) is 17.2 Å². The molecule has 1 amide bonds. The third-order valence-electron chi connectivity index (χ3n) is 2.83. The van der Waals surface area contributed by atoms with Crippen molar-refractivity contribution < 1.29 is 4.79 Å². The summed E-state index contributed by atoms with van der Waals surface area (Å²) in [7, 11) is 0. The molecule has 0 unspecified atom stereocenters. The first-order valence-corrected chi connectivity index (χ1v) is 8.07. The fraction of sp³-hybridized carbons (Fsp3) is 0.357. The number of hydrogen-bond donors (Lipinski definition) is 2. The molecular formula is C14H18ClN5OS. The van der Waals surface area contributed by atoms with Crippen LogP contribution in [-0.2, 0) is 4.79 Å². The number of rotatable bonds is 5. The first-order chi connectivity index (χ1) is 10.4. The molecule has 1 aromatic heterocycles. The van der Waals surface area contributed by atoms with Crippen LogP contribution in [-0.4, -0.2) is 32.1 Å². The van der Waals surface area contributed by atoms with Crippen LogP contribution < -0.4 is 11.2 Å². The van der Waals surface area contributed by atoms with Gasteiger partial charge in [0.25, 0.3) is 0 Å². The number of thioether (sulfide) groups is 1. The van der Waals surface area contributed by atoms with Gasteiger partial charge in [0.05, 0.1) is 5.25 Å². The summed E-state index contributed by atoms with van der Waals surface area (Å²) in [4.78, 5) is 11.9. The lowest BCUT2D eigenvalue weighted by Gasteiger charge is -2.13. The van der Waals surface area contributed by atoms with Crippen LogP contribution in [0.25, 0.3) is 11.4 Å². The summed E-state index contributed by atoms with van der Waals surface area (Å²) in [6.07, 6.45) is 0. The first-order valence-electron chi connectivity index (χ1n) is 6.82. The van der Waals surface area contributed by atoms with Crippen LogP contribution in [0.5, 0.6) is 0 Å². The number of hydrogen-bond acceptors (Lipinski definition) is 5. The molecule has 2 aromatic rings. The van der Waals surface area contributed by atoms with Gasteiger partial charge in [-0.2, -0.15) is 0 Å². The van der Waals surface area contributed by atoms with Crippen molar-refractivity contribution in [2.75, 3.05) is 5.84 Å². The maximum atomic E-state index is 11.9. The fourth-order valence-electron chi connectivity index (χ4n) is 1.80. The highest BCUT2D eigenvalue weighted by atomic mass is 35.5. The van der Waals surface area contributed by atoms with E-state index in [4.69, 9.17) is 17.4 Å².